The molecule has 0 bridgehead atoms. The van der Waals surface area contributed by atoms with Crippen molar-refractivity contribution in [3.05, 3.63) is 47.6 Å². The molecule has 2 aromatic rings. The molecule has 6 heteroatoms. The van der Waals surface area contributed by atoms with Gasteiger partial charge in [0.25, 0.3) is 0 Å². The summed E-state index contributed by atoms with van der Waals surface area (Å²) in [6.45, 7) is 12.4. The molecule has 0 radical (unpaired) electrons. The van der Waals surface area contributed by atoms with Crippen molar-refractivity contribution in [1.82, 2.24) is 25.0 Å². The Balaban J connectivity index is 1.48. The molecule has 32 heavy (non-hydrogen) atoms. The number of carbonyl (C=O) groups is 1. The van der Waals surface area contributed by atoms with Gasteiger partial charge in [-0.1, -0.05) is 11.6 Å². The molecular weight excluding hydrogens is 398 g/mol. The zero-order valence-electron chi connectivity index (χ0n) is 20.4. The number of aryl methyl sites for hydroxylation is 2. The van der Waals surface area contributed by atoms with Crippen LogP contribution in [0.25, 0.3) is 11.1 Å². The topological polar surface area (TPSA) is 63.1 Å². The summed E-state index contributed by atoms with van der Waals surface area (Å²) in [6.07, 6.45) is 9.69. The zero-order valence-corrected chi connectivity index (χ0v) is 20.4. The summed E-state index contributed by atoms with van der Waals surface area (Å²) in [5.74, 6) is 0.521. The average molecular weight is 436 g/mol. The van der Waals surface area contributed by atoms with Gasteiger partial charge in [-0.25, -0.2) is 0 Å². The van der Waals surface area contributed by atoms with Gasteiger partial charge in [0, 0.05) is 66.7 Å². The van der Waals surface area contributed by atoms with Gasteiger partial charge >= 0.3 is 0 Å². The summed E-state index contributed by atoms with van der Waals surface area (Å²) in [4.78, 5) is 20.2. The molecule has 2 aliphatic heterocycles. The standard InChI is InChI=1S/C26H37N5O/c1-18-10-21(22-15-27-30(6)16-22)12-23(28-18)20-8-7-9-31(17-20)24(32)11-19-13-25(2,3)29-26(4,5)14-19/h10,12-13,15-16,20,29H,7-9,11,14,17H2,1-6H3/t20-/m1/s1. The highest BCUT2D eigenvalue weighted by molar-refractivity contribution is 5.79. The highest BCUT2D eigenvalue weighted by Crippen LogP contribution is 2.32. The van der Waals surface area contributed by atoms with Crippen molar-refractivity contribution in [3.63, 3.8) is 0 Å². The molecule has 4 rings (SSSR count). The van der Waals surface area contributed by atoms with E-state index in [1.54, 1.807) is 0 Å². The lowest BCUT2D eigenvalue weighted by atomic mass is 9.82. The monoisotopic (exact) mass is 435 g/mol. The van der Waals surface area contributed by atoms with Crippen LogP contribution in [0.1, 0.15) is 70.7 Å². The van der Waals surface area contributed by atoms with Crippen LogP contribution in [0, 0.1) is 6.92 Å². The highest BCUT2D eigenvalue weighted by atomic mass is 16.2. The molecule has 1 amide bonds. The van der Waals surface area contributed by atoms with Crippen molar-refractivity contribution in [2.24, 2.45) is 7.05 Å². The minimum Gasteiger partial charge on any atom is -0.342 e. The van der Waals surface area contributed by atoms with E-state index in [1.807, 2.05) is 31.0 Å². The van der Waals surface area contributed by atoms with E-state index in [0.29, 0.717) is 6.42 Å². The van der Waals surface area contributed by atoms with E-state index in [9.17, 15) is 4.79 Å². The molecule has 0 saturated carbocycles. The van der Waals surface area contributed by atoms with Crippen molar-refractivity contribution < 1.29 is 4.79 Å². The SMILES string of the molecule is Cc1cc(-c2cnn(C)c2)cc([C@@H]2CCCN(C(=O)CC3=CC(C)(C)NC(C)(C)C3)C2)n1. The number of rotatable bonds is 4. The summed E-state index contributed by atoms with van der Waals surface area (Å²) >= 11 is 0. The van der Waals surface area contributed by atoms with Crippen molar-refractivity contribution >= 4 is 5.91 Å². The third-order valence-electron chi connectivity index (χ3n) is 6.48. The second kappa shape index (κ2) is 8.47. The fourth-order valence-corrected chi connectivity index (χ4v) is 5.59. The second-order valence-corrected chi connectivity index (χ2v) is 10.9. The van der Waals surface area contributed by atoms with Crippen molar-refractivity contribution in [1.29, 1.82) is 0 Å². The third kappa shape index (κ3) is 5.29. The Kier molecular flexibility index (Phi) is 6.01. The molecule has 0 aliphatic carbocycles. The Morgan fingerprint density at radius 2 is 2.00 bits per heavy atom. The van der Waals surface area contributed by atoms with Crippen LogP contribution in [0.2, 0.25) is 0 Å². The number of hydrogen-bond acceptors (Lipinski definition) is 4. The normalized spacial score (nSPS) is 22.5. The molecule has 4 heterocycles. The quantitative estimate of drug-likeness (QED) is 0.725. The van der Waals surface area contributed by atoms with E-state index in [-0.39, 0.29) is 22.9 Å². The minimum atomic E-state index is -0.0873. The number of pyridine rings is 1. The molecule has 2 aromatic heterocycles. The Bertz CT molecular complexity index is 1030. The van der Waals surface area contributed by atoms with Crippen LogP contribution in [-0.4, -0.2) is 49.7 Å². The molecule has 0 spiro atoms. The van der Waals surface area contributed by atoms with Gasteiger partial charge in [-0.2, -0.15) is 5.10 Å². The van der Waals surface area contributed by atoms with Gasteiger partial charge in [0.15, 0.2) is 0 Å². The largest absolute Gasteiger partial charge is 0.342 e. The molecule has 1 saturated heterocycles. The van der Waals surface area contributed by atoms with Crippen LogP contribution in [-0.2, 0) is 11.8 Å². The molecule has 0 aromatic carbocycles. The first-order valence-corrected chi connectivity index (χ1v) is 11.7. The number of hydrogen-bond donors (Lipinski definition) is 1. The van der Waals surface area contributed by atoms with Crippen LogP contribution in [0.3, 0.4) is 0 Å². The van der Waals surface area contributed by atoms with E-state index in [4.69, 9.17) is 4.98 Å². The average Bonchev–Trinajstić information content (AvgIpc) is 3.11. The molecule has 1 atom stereocenters. The smallest absolute Gasteiger partial charge is 0.226 e. The number of piperidine rings is 1. The maximum absolute atomic E-state index is 13.3. The first-order valence-electron chi connectivity index (χ1n) is 11.7. The predicted molar refractivity (Wildman–Crippen MR) is 128 cm³/mol. The van der Waals surface area contributed by atoms with Gasteiger partial charge < -0.3 is 10.2 Å². The fraction of sp³-hybridized carbons (Fsp3) is 0.577. The number of nitrogens with one attached hydrogen (secondary N) is 1. The first kappa shape index (κ1) is 22.7. The molecule has 0 unspecified atom stereocenters. The Morgan fingerprint density at radius 3 is 2.69 bits per heavy atom. The number of amides is 1. The van der Waals surface area contributed by atoms with Gasteiger partial charge in [0.05, 0.1) is 6.20 Å². The lowest BCUT2D eigenvalue weighted by Crippen LogP contribution is -2.54. The summed E-state index contributed by atoms with van der Waals surface area (Å²) < 4.78 is 1.82. The molecule has 1 N–H and O–H groups in total. The Labute approximate surface area is 192 Å². The fourth-order valence-electron chi connectivity index (χ4n) is 5.59. The van der Waals surface area contributed by atoms with Crippen LogP contribution in [0.15, 0.2) is 36.2 Å². The maximum atomic E-state index is 13.3. The molecule has 1 fully saturated rings. The van der Waals surface area contributed by atoms with Gasteiger partial charge in [0.1, 0.15) is 0 Å². The molecule has 6 nitrogen and oxygen atoms in total. The summed E-state index contributed by atoms with van der Waals surface area (Å²) in [5, 5.41) is 7.96. The van der Waals surface area contributed by atoms with E-state index in [2.05, 4.69) is 61.2 Å². The Hall–Kier alpha value is -2.47. The van der Waals surface area contributed by atoms with Gasteiger partial charge in [-0.15, -0.1) is 0 Å². The number of likely N-dealkylation sites (tertiary alicyclic amines) is 1. The van der Waals surface area contributed by atoms with E-state index in [1.165, 1.54) is 5.57 Å². The zero-order chi connectivity index (χ0) is 23.1. The number of carbonyl (C=O) groups excluding carboxylic acids is 1. The number of nitrogens with zero attached hydrogens (tertiary/aromatic N) is 4. The predicted octanol–water partition coefficient (Wildman–Crippen LogP) is 4.36. The van der Waals surface area contributed by atoms with E-state index >= 15 is 0 Å². The maximum Gasteiger partial charge on any atom is 0.226 e. The highest BCUT2D eigenvalue weighted by Gasteiger charge is 2.34. The number of aromatic nitrogens is 3. The van der Waals surface area contributed by atoms with Gasteiger partial charge in [0.2, 0.25) is 5.91 Å². The van der Waals surface area contributed by atoms with Crippen molar-refractivity contribution in [2.45, 2.75) is 77.3 Å². The Morgan fingerprint density at radius 1 is 1.22 bits per heavy atom. The lowest BCUT2D eigenvalue weighted by Gasteiger charge is -2.41. The van der Waals surface area contributed by atoms with Crippen LogP contribution in [0.5, 0.6) is 0 Å². The summed E-state index contributed by atoms with van der Waals surface area (Å²) in [6, 6.07) is 4.29. The third-order valence-corrected chi connectivity index (χ3v) is 6.48. The van der Waals surface area contributed by atoms with Crippen LogP contribution >= 0.6 is 0 Å². The van der Waals surface area contributed by atoms with E-state index < -0.39 is 0 Å². The molecular formula is C26H37N5O. The van der Waals surface area contributed by atoms with E-state index in [0.717, 1.165) is 54.9 Å². The molecule has 2 aliphatic rings. The van der Waals surface area contributed by atoms with Gasteiger partial charge in [-0.3, -0.25) is 14.5 Å². The minimum absolute atomic E-state index is 0.00643. The van der Waals surface area contributed by atoms with Gasteiger partial charge in [-0.05, 0) is 71.6 Å². The van der Waals surface area contributed by atoms with Crippen molar-refractivity contribution in [2.75, 3.05) is 13.1 Å². The van der Waals surface area contributed by atoms with Crippen molar-refractivity contribution in [3.8, 4) is 11.1 Å². The van der Waals surface area contributed by atoms with Crippen LogP contribution < -0.4 is 5.32 Å². The molecule has 172 valence electrons. The second-order valence-electron chi connectivity index (χ2n) is 10.9. The first-order chi connectivity index (χ1) is 15.0. The summed E-state index contributed by atoms with van der Waals surface area (Å²) in [7, 11) is 1.93. The lowest BCUT2D eigenvalue weighted by molar-refractivity contribution is -0.131. The summed E-state index contributed by atoms with van der Waals surface area (Å²) in [5.41, 5.74) is 5.51. The van der Waals surface area contributed by atoms with Crippen LogP contribution in [0.4, 0.5) is 0 Å².